The van der Waals surface area contributed by atoms with Gasteiger partial charge in [0.25, 0.3) is 11.8 Å². The van der Waals surface area contributed by atoms with Crippen LogP contribution in [0.25, 0.3) is 0 Å². The van der Waals surface area contributed by atoms with Gasteiger partial charge in [0.15, 0.2) is 16.8 Å². The fourth-order valence-electron chi connectivity index (χ4n) is 3.43. The molecule has 0 radical (unpaired) electrons. The van der Waals surface area contributed by atoms with Crippen molar-refractivity contribution in [1.82, 2.24) is 34.9 Å². The molecule has 0 bridgehead atoms. The van der Waals surface area contributed by atoms with Crippen LogP contribution in [-0.2, 0) is 42.6 Å². The van der Waals surface area contributed by atoms with Crippen LogP contribution in [0.1, 0.15) is 24.2 Å². The van der Waals surface area contributed by atoms with Crippen molar-refractivity contribution in [3.05, 3.63) is 23.0 Å². The number of rotatable bonds is 11. The van der Waals surface area contributed by atoms with Gasteiger partial charge in [-0.2, -0.15) is 8.42 Å². The van der Waals surface area contributed by atoms with E-state index in [0.717, 1.165) is 16.0 Å². The number of carboxylic acids is 1. The Morgan fingerprint density at radius 1 is 1.39 bits per heavy atom. The number of thiazole rings is 1. The van der Waals surface area contributed by atoms with E-state index in [-0.39, 0.29) is 47.0 Å². The monoisotopic (exact) mass is 571 g/mol. The van der Waals surface area contributed by atoms with Gasteiger partial charge in [-0.3, -0.25) is 19.6 Å². The van der Waals surface area contributed by atoms with Crippen molar-refractivity contribution in [2.24, 2.45) is 10.9 Å². The SMILES string of the molecule is N=C(N)NCc1cn(C[C@H]2C(NC(=O)/C(=N\OC3(C(=O)O)CC3)c3csc(N)n3)C(=O)N2S(=O)(=O)O)nn1. The Balaban J connectivity index is 1.55. The van der Waals surface area contributed by atoms with Gasteiger partial charge in [-0.15, -0.1) is 16.4 Å². The number of carboxylic acid groups (broad SMARTS) is 1. The quantitative estimate of drug-likeness (QED) is 0.0460. The zero-order chi connectivity index (χ0) is 27.8. The minimum Gasteiger partial charge on any atom is -0.478 e. The summed E-state index contributed by atoms with van der Waals surface area (Å²) in [6.07, 6.45) is 1.70. The van der Waals surface area contributed by atoms with Gasteiger partial charge in [0.2, 0.25) is 5.60 Å². The second-order valence-corrected chi connectivity index (χ2v) is 10.4. The number of guanidine groups is 1. The first-order chi connectivity index (χ1) is 17.8. The van der Waals surface area contributed by atoms with Crippen molar-refractivity contribution < 1.29 is 37.3 Å². The number of nitrogens with two attached hydrogens (primary N) is 2. The van der Waals surface area contributed by atoms with Crippen LogP contribution in [0.3, 0.4) is 0 Å². The van der Waals surface area contributed by atoms with Crippen LogP contribution >= 0.6 is 11.3 Å². The van der Waals surface area contributed by atoms with Gasteiger partial charge >= 0.3 is 16.3 Å². The summed E-state index contributed by atoms with van der Waals surface area (Å²) >= 11 is 0.960. The Morgan fingerprint density at radius 2 is 2.11 bits per heavy atom. The largest absolute Gasteiger partial charge is 0.478 e. The molecule has 2 amide bonds. The molecule has 3 heterocycles. The first kappa shape index (κ1) is 26.7. The molecule has 19 nitrogen and oxygen atoms in total. The second kappa shape index (κ2) is 9.83. The lowest BCUT2D eigenvalue weighted by Gasteiger charge is -2.43. The van der Waals surface area contributed by atoms with E-state index in [1.807, 2.05) is 0 Å². The lowest BCUT2D eigenvalue weighted by Crippen LogP contribution is -2.73. The number of hydrogen-bond acceptors (Lipinski definition) is 13. The van der Waals surface area contributed by atoms with E-state index in [9.17, 15) is 32.5 Å². The second-order valence-electron chi connectivity index (χ2n) is 8.23. The van der Waals surface area contributed by atoms with Crippen molar-refractivity contribution in [3.63, 3.8) is 0 Å². The van der Waals surface area contributed by atoms with Gasteiger partial charge in [0.1, 0.15) is 17.4 Å². The average molecular weight is 572 g/mol. The topological polar surface area (TPSA) is 294 Å². The van der Waals surface area contributed by atoms with Gasteiger partial charge in [-0.05, 0) is 0 Å². The Labute approximate surface area is 217 Å². The number of aliphatic carboxylic acids is 1. The molecule has 9 N–H and O–H groups in total. The number of carbonyl (C=O) groups is 3. The number of oxime groups is 1. The zero-order valence-corrected chi connectivity index (χ0v) is 20.8. The fourth-order valence-corrected chi connectivity index (χ4v) is 4.85. The molecule has 0 spiro atoms. The van der Waals surface area contributed by atoms with Crippen LogP contribution in [0.5, 0.6) is 0 Å². The molecular formula is C17H21N11O8S2. The standard InChI is InChI=1S/C17H21N11O8S2/c18-15(19)21-3-7-4-27(26-24-7)5-9-11(13(30)28(9)38(33,34)35)23-12(29)10(8-6-37-16(20)22-8)25-36-17(1-2-17)14(31)32/h4,6,9,11H,1-3,5H2,(H2,20,22)(H,23,29)(H,31,32)(H4,18,19,21)(H,33,34,35)/b25-10-/t9-,11?/m0/s1. The number of hydrogen-bond donors (Lipinski definition) is 7. The van der Waals surface area contributed by atoms with E-state index in [2.05, 4.69) is 31.1 Å². The summed E-state index contributed by atoms with van der Waals surface area (Å²) < 4.78 is 34.5. The average Bonchev–Trinajstić information content (AvgIpc) is 3.29. The van der Waals surface area contributed by atoms with E-state index in [1.54, 1.807) is 0 Å². The molecular weight excluding hydrogens is 550 g/mol. The summed E-state index contributed by atoms with van der Waals surface area (Å²) in [6.45, 7) is -0.284. The first-order valence-corrected chi connectivity index (χ1v) is 12.9. The molecule has 0 aromatic carbocycles. The maximum Gasteiger partial charge on any atom is 0.362 e. The van der Waals surface area contributed by atoms with Crippen LogP contribution in [0.4, 0.5) is 5.13 Å². The van der Waals surface area contributed by atoms with E-state index in [0.29, 0.717) is 5.69 Å². The normalized spacial score (nSPS) is 20.4. The number of amides is 2. The minimum atomic E-state index is -5.00. The molecule has 1 saturated carbocycles. The number of β-lactam (4-membered cyclic amide) rings is 1. The number of nitrogens with one attached hydrogen (secondary N) is 3. The molecule has 4 rings (SSSR count). The Kier molecular flexibility index (Phi) is 6.90. The highest BCUT2D eigenvalue weighted by Gasteiger charge is 2.56. The van der Waals surface area contributed by atoms with Gasteiger partial charge in [-0.25, -0.2) is 18.8 Å². The molecule has 204 valence electrons. The maximum absolute atomic E-state index is 13.1. The molecule has 1 aliphatic heterocycles. The van der Waals surface area contributed by atoms with E-state index >= 15 is 0 Å². The number of carbonyl (C=O) groups excluding carboxylic acids is 2. The van der Waals surface area contributed by atoms with E-state index in [4.69, 9.17) is 21.7 Å². The van der Waals surface area contributed by atoms with Crippen molar-refractivity contribution in [1.29, 1.82) is 5.41 Å². The lowest BCUT2D eigenvalue weighted by atomic mass is 9.98. The molecule has 2 aromatic heterocycles. The van der Waals surface area contributed by atoms with Gasteiger partial charge in [-0.1, -0.05) is 10.4 Å². The first-order valence-electron chi connectivity index (χ1n) is 10.6. The third-order valence-electron chi connectivity index (χ3n) is 5.51. The molecule has 38 heavy (non-hydrogen) atoms. The van der Waals surface area contributed by atoms with Crippen LogP contribution < -0.4 is 22.1 Å². The van der Waals surface area contributed by atoms with Crippen molar-refractivity contribution in [2.75, 3.05) is 5.73 Å². The molecule has 1 unspecified atom stereocenters. The lowest BCUT2D eigenvalue weighted by molar-refractivity contribution is -0.153. The predicted octanol–water partition coefficient (Wildman–Crippen LogP) is -3.16. The Morgan fingerprint density at radius 3 is 2.66 bits per heavy atom. The van der Waals surface area contributed by atoms with E-state index in [1.165, 1.54) is 11.6 Å². The van der Waals surface area contributed by atoms with Gasteiger partial charge < -0.3 is 32.0 Å². The van der Waals surface area contributed by atoms with Gasteiger partial charge in [0.05, 0.1) is 25.3 Å². The van der Waals surface area contributed by atoms with Gasteiger partial charge in [0, 0.05) is 18.2 Å². The molecule has 21 heteroatoms. The zero-order valence-electron chi connectivity index (χ0n) is 19.1. The predicted molar refractivity (Wildman–Crippen MR) is 127 cm³/mol. The molecule has 2 aliphatic rings. The highest BCUT2D eigenvalue weighted by Crippen LogP contribution is 2.40. The molecule has 1 saturated heterocycles. The smallest absolute Gasteiger partial charge is 0.362 e. The minimum absolute atomic E-state index is 0.0372. The maximum atomic E-state index is 13.1. The molecule has 2 aromatic rings. The fraction of sp³-hybridized carbons (Fsp3) is 0.412. The number of nitrogens with zero attached hydrogens (tertiary/aromatic N) is 6. The third-order valence-corrected chi connectivity index (χ3v) is 7.13. The molecule has 1 aliphatic carbocycles. The van der Waals surface area contributed by atoms with Crippen molar-refractivity contribution in [2.45, 2.75) is 43.6 Å². The summed E-state index contributed by atoms with van der Waals surface area (Å²) in [6, 6.07) is -2.80. The Hall–Kier alpha value is -4.37. The van der Waals surface area contributed by atoms with Crippen molar-refractivity contribution >= 4 is 56.2 Å². The Bertz CT molecular complexity index is 1430. The summed E-state index contributed by atoms with van der Waals surface area (Å²) in [7, 11) is -5.00. The van der Waals surface area contributed by atoms with E-state index < -0.39 is 51.5 Å². The highest BCUT2D eigenvalue weighted by atomic mass is 32.2. The van der Waals surface area contributed by atoms with Crippen LogP contribution in [0.2, 0.25) is 0 Å². The summed E-state index contributed by atoms with van der Waals surface area (Å²) in [4.78, 5) is 46.2. The summed E-state index contributed by atoms with van der Waals surface area (Å²) in [5, 5.41) is 34.0. The van der Waals surface area contributed by atoms with Crippen LogP contribution in [-0.4, -0.2) is 89.5 Å². The number of nitrogen functional groups attached to an aromatic ring is 1. The third kappa shape index (κ3) is 5.47. The summed E-state index contributed by atoms with van der Waals surface area (Å²) in [5.41, 5.74) is 9.00. The van der Waals surface area contributed by atoms with Crippen molar-refractivity contribution in [3.8, 4) is 0 Å². The summed E-state index contributed by atoms with van der Waals surface area (Å²) in [5.74, 6) is -3.78. The number of aromatic nitrogens is 4. The van der Waals surface area contributed by atoms with Crippen LogP contribution in [0, 0.1) is 5.41 Å². The molecule has 2 atom stereocenters. The molecule has 2 fully saturated rings. The highest BCUT2D eigenvalue weighted by molar-refractivity contribution is 7.84. The number of anilines is 1. The van der Waals surface area contributed by atoms with Crippen LogP contribution in [0.15, 0.2) is 16.7 Å².